The van der Waals surface area contributed by atoms with E-state index >= 15 is 0 Å². The van der Waals surface area contributed by atoms with Crippen LogP contribution in [0.15, 0.2) is 11.6 Å². The molecule has 0 aromatic carbocycles. The van der Waals surface area contributed by atoms with E-state index in [1.807, 2.05) is 19.9 Å². The Morgan fingerprint density at radius 2 is 2.40 bits per heavy atom. The van der Waals surface area contributed by atoms with Crippen LogP contribution in [-0.4, -0.2) is 12.6 Å². The lowest BCUT2D eigenvalue weighted by atomic mass is 10.2. The number of carbonyl (C=O) groups is 1. The van der Waals surface area contributed by atoms with Crippen molar-refractivity contribution in [2.45, 2.75) is 20.3 Å². The molecule has 0 spiro atoms. The van der Waals surface area contributed by atoms with E-state index < -0.39 is 0 Å². The Morgan fingerprint density at radius 1 is 1.70 bits per heavy atom. The smallest absolute Gasteiger partial charge is 0.316 e. The summed E-state index contributed by atoms with van der Waals surface area (Å²) in [6.07, 6.45) is 2.93. The zero-order chi connectivity index (χ0) is 7.56. The molecule has 1 aliphatic rings. The van der Waals surface area contributed by atoms with Gasteiger partial charge in [-0.3, -0.25) is 4.79 Å². The highest BCUT2D eigenvalue weighted by Gasteiger charge is 2.31. The monoisotopic (exact) mass is 140 g/mol. The molecule has 0 saturated heterocycles. The first-order valence-corrected chi connectivity index (χ1v) is 3.66. The highest BCUT2D eigenvalue weighted by molar-refractivity contribution is 5.83. The standard InChI is InChI=1S/C8H12O2/c1-3-6-5-7(6)8(9)10-4-2/h5,7H,3-4H2,1-2H3. The number of hydrogen-bond acceptors (Lipinski definition) is 2. The van der Waals surface area contributed by atoms with Gasteiger partial charge in [0.25, 0.3) is 0 Å². The first kappa shape index (κ1) is 7.32. The van der Waals surface area contributed by atoms with Crippen molar-refractivity contribution in [2.75, 3.05) is 6.61 Å². The molecule has 2 nitrogen and oxygen atoms in total. The molecule has 0 N–H and O–H groups in total. The summed E-state index contributed by atoms with van der Waals surface area (Å²) in [7, 11) is 0. The first-order chi connectivity index (χ1) is 4.79. The van der Waals surface area contributed by atoms with E-state index in [1.165, 1.54) is 5.57 Å². The Bertz CT molecular complexity index is 170. The Balaban J connectivity index is 2.22. The molecule has 0 aromatic rings. The lowest BCUT2D eigenvalue weighted by Crippen LogP contribution is -2.07. The van der Waals surface area contributed by atoms with E-state index in [4.69, 9.17) is 4.74 Å². The predicted molar refractivity (Wildman–Crippen MR) is 38.5 cm³/mol. The highest BCUT2D eigenvalue weighted by Crippen LogP contribution is 2.32. The van der Waals surface area contributed by atoms with E-state index in [9.17, 15) is 4.79 Å². The minimum Gasteiger partial charge on any atom is -0.465 e. The van der Waals surface area contributed by atoms with Crippen LogP contribution in [0.4, 0.5) is 0 Å². The second-order valence-corrected chi connectivity index (χ2v) is 2.32. The topological polar surface area (TPSA) is 26.3 Å². The van der Waals surface area contributed by atoms with Crippen molar-refractivity contribution in [3.8, 4) is 0 Å². The fourth-order valence-electron chi connectivity index (χ4n) is 0.955. The van der Waals surface area contributed by atoms with Gasteiger partial charge in [0, 0.05) is 0 Å². The lowest BCUT2D eigenvalue weighted by molar-refractivity contribution is -0.144. The van der Waals surface area contributed by atoms with Gasteiger partial charge in [-0.05, 0) is 13.3 Å². The molecule has 0 saturated carbocycles. The van der Waals surface area contributed by atoms with E-state index in [0.29, 0.717) is 6.61 Å². The van der Waals surface area contributed by atoms with E-state index in [1.54, 1.807) is 0 Å². The SMILES string of the molecule is CCOC(=O)C1C=C1CC. The zero-order valence-corrected chi connectivity index (χ0v) is 6.39. The van der Waals surface area contributed by atoms with Crippen LogP contribution in [0.3, 0.4) is 0 Å². The van der Waals surface area contributed by atoms with Crippen LogP contribution in [0.2, 0.25) is 0 Å². The first-order valence-electron chi connectivity index (χ1n) is 3.66. The fourth-order valence-corrected chi connectivity index (χ4v) is 0.955. The van der Waals surface area contributed by atoms with Crippen molar-refractivity contribution in [2.24, 2.45) is 5.92 Å². The van der Waals surface area contributed by atoms with Crippen molar-refractivity contribution in [3.63, 3.8) is 0 Å². The summed E-state index contributed by atoms with van der Waals surface area (Å²) in [5.41, 5.74) is 1.22. The number of rotatable bonds is 3. The molecule has 1 aliphatic carbocycles. The van der Waals surface area contributed by atoms with Crippen LogP contribution in [0.1, 0.15) is 20.3 Å². The largest absolute Gasteiger partial charge is 0.465 e. The molecule has 0 radical (unpaired) electrons. The number of carbonyl (C=O) groups excluding carboxylic acids is 1. The highest BCUT2D eigenvalue weighted by atomic mass is 16.5. The summed E-state index contributed by atoms with van der Waals surface area (Å²) in [6, 6.07) is 0. The summed E-state index contributed by atoms with van der Waals surface area (Å²) < 4.78 is 4.81. The summed E-state index contributed by atoms with van der Waals surface area (Å²) in [5.74, 6) is -0.0516. The van der Waals surface area contributed by atoms with Crippen molar-refractivity contribution in [1.29, 1.82) is 0 Å². The van der Waals surface area contributed by atoms with Crippen molar-refractivity contribution in [1.82, 2.24) is 0 Å². The Labute approximate surface area is 60.9 Å². The molecule has 2 heteroatoms. The van der Waals surface area contributed by atoms with Gasteiger partial charge in [0.1, 0.15) is 0 Å². The number of ether oxygens (including phenoxy) is 1. The quantitative estimate of drug-likeness (QED) is 0.439. The summed E-state index contributed by atoms with van der Waals surface area (Å²) in [4.78, 5) is 10.9. The maximum Gasteiger partial charge on any atom is 0.316 e. The van der Waals surface area contributed by atoms with Gasteiger partial charge in [-0.2, -0.15) is 0 Å². The Kier molecular flexibility index (Phi) is 2.10. The second-order valence-electron chi connectivity index (χ2n) is 2.32. The molecule has 1 atom stereocenters. The van der Waals surface area contributed by atoms with Crippen LogP contribution < -0.4 is 0 Å². The lowest BCUT2D eigenvalue weighted by Gasteiger charge is -1.98. The third kappa shape index (κ3) is 1.38. The predicted octanol–water partition coefficient (Wildman–Crippen LogP) is 1.52. The third-order valence-corrected chi connectivity index (χ3v) is 1.62. The van der Waals surface area contributed by atoms with Gasteiger partial charge in [-0.25, -0.2) is 0 Å². The molecule has 1 unspecified atom stereocenters. The molecule has 0 heterocycles. The van der Waals surface area contributed by atoms with Crippen LogP contribution in [-0.2, 0) is 9.53 Å². The maximum absolute atomic E-state index is 10.9. The Morgan fingerprint density at radius 3 is 2.80 bits per heavy atom. The van der Waals surface area contributed by atoms with Crippen LogP contribution in [0, 0.1) is 5.92 Å². The van der Waals surface area contributed by atoms with Gasteiger partial charge >= 0.3 is 5.97 Å². The number of hydrogen-bond donors (Lipinski definition) is 0. The van der Waals surface area contributed by atoms with Crippen molar-refractivity contribution in [3.05, 3.63) is 11.6 Å². The Hall–Kier alpha value is -0.790. The molecule has 0 aliphatic heterocycles. The van der Waals surface area contributed by atoms with Gasteiger partial charge in [0.05, 0.1) is 12.5 Å². The summed E-state index contributed by atoms with van der Waals surface area (Å²) in [6.45, 7) is 4.36. The second kappa shape index (κ2) is 2.86. The zero-order valence-electron chi connectivity index (χ0n) is 6.39. The molecular weight excluding hydrogens is 128 g/mol. The van der Waals surface area contributed by atoms with Crippen LogP contribution >= 0.6 is 0 Å². The molecule has 10 heavy (non-hydrogen) atoms. The number of esters is 1. The molecule has 0 bridgehead atoms. The molecule has 0 aromatic heterocycles. The minimum atomic E-state index is -0.0839. The normalized spacial score (nSPS) is 21.8. The maximum atomic E-state index is 10.9. The van der Waals surface area contributed by atoms with E-state index in [2.05, 4.69) is 0 Å². The fraction of sp³-hybridized carbons (Fsp3) is 0.625. The molecule has 0 amide bonds. The molecular formula is C8H12O2. The minimum absolute atomic E-state index is 0.0324. The van der Waals surface area contributed by atoms with Crippen molar-refractivity contribution < 1.29 is 9.53 Å². The van der Waals surface area contributed by atoms with Gasteiger partial charge in [0.15, 0.2) is 0 Å². The van der Waals surface area contributed by atoms with Gasteiger partial charge in [-0.15, -0.1) is 0 Å². The molecule has 1 rings (SSSR count). The summed E-state index contributed by atoms with van der Waals surface area (Å²) >= 11 is 0. The van der Waals surface area contributed by atoms with Crippen LogP contribution in [0.25, 0.3) is 0 Å². The molecule has 56 valence electrons. The van der Waals surface area contributed by atoms with E-state index in [-0.39, 0.29) is 11.9 Å². The van der Waals surface area contributed by atoms with Gasteiger partial charge < -0.3 is 4.74 Å². The summed E-state index contributed by atoms with van der Waals surface area (Å²) in [5, 5.41) is 0. The van der Waals surface area contributed by atoms with Crippen LogP contribution in [0.5, 0.6) is 0 Å². The van der Waals surface area contributed by atoms with Gasteiger partial charge in [-0.1, -0.05) is 18.6 Å². The molecule has 0 fully saturated rings. The average Bonchev–Trinajstić information content (AvgIpc) is 2.66. The van der Waals surface area contributed by atoms with Gasteiger partial charge in [0.2, 0.25) is 0 Å². The third-order valence-electron chi connectivity index (χ3n) is 1.62. The average molecular weight is 140 g/mol. The van der Waals surface area contributed by atoms with E-state index in [0.717, 1.165) is 6.42 Å². The van der Waals surface area contributed by atoms with Crippen molar-refractivity contribution >= 4 is 5.97 Å².